The molecule has 0 atom stereocenters. The normalized spacial score (nSPS) is 6.61. The summed E-state index contributed by atoms with van der Waals surface area (Å²) in [6.45, 7) is 11.3. The van der Waals surface area contributed by atoms with Crippen LogP contribution in [0.4, 0.5) is 0 Å². The van der Waals surface area contributed by atoms with Gasteiger partial charge in [-0.1, -0.05) is 64.1 Å². The molecule has 0 saturated heterocycles. The van der Waals surface area contributed by atoms with Crippen molar-refractivity contribution in [1.29, 1.82) is 0 Å². The highest BCUT2D eigenvalue weighted by molar-refractivity contribution is 5.30. The van der Waals surface area contributed by atoms with E-state index in [0.717, 1.165) is 11.5 Å². The van der Waals surface area contributed by atoms with Crippen molar-refractivity contribution < 1.29 is 4.74 Å². The van der Waals surface area contributed by atoms with Crippen LogP contribution < -0.4 is 4.74 Å². The molecule has 0 aliphatic carbocycles. The zero-order valence-corrected chi connectivity index (χ0v) is 15.3. The lowest BCUT2D eigenvalue weighted by atomic mass is 10.3. The van der Waals surface area contributed by atoms with Gasteiger partial charge in [-0.3, -0.25) is 0 Å². The van der Waals surface area contributed by atoms with Gasteiger partial charge in [0.05, 0.1) is 0 Å². The molecule has 0 heterocycles. The van der Waals surface area contributed by atoms with E-state index in [-0.39, 0.29) is 0 Å². The van der Waals surface area contributed by atoms with E-state index < -0.39 is 0 Å². The molecule has 0 aromatic heterocycles. The van der Waals surface area contributed by atoms with Gasteiger partial charge in [0.15, 0.2) is 0 Å². The molecule has 2 rings (SSSR count). The molecule has 1 heteroatoms. The molecule has 0 unspecified atom stereocenters. The van der Waals surface area contributed by atoms with E-state index in [2.05, 4.69) is 24.7 Å². The zero-order chi connectivity index (χ0) is 18.3. The van der Waals surface area contributed by atoms with Crippen LogP contribution in [0, 0.1) is 24.7 Å². The molecule has 0 N–H and O–H groups in total. The summed E-state index contributed by atoms with van der Waals surface area (Å²) in [5, 5.41) is 0. The monoisotopic (exact) mass is 310 g/mol. The fourth-order valence-electron chi connectivity index (χ4n) is 1.11. The van der Waals surface area contributed by atoms with E-state index >= 15 is 0 Å². The Labute approximate surface area is 143 Å². The largest absolute Gasteiger partial charge is 0.457 e. The fourth-order valence-corrected chi connectivity index (χ4v) is 1.11. The van der Waals surface area contributed by atoms with Crippen LogP contribution in [0.2, 0.25) is 0 Å². The Hall–Kier alpha value is -2.64. The molecule has 2 aromatic carbocycles. The van der Waals surface area contributed by atoms with Crippen LogP contribution in [0.25, 0.3) is 0 Å². The summed E-state index contributed by atoms with van der Waals surface area (Å²) < 4.78 is 5.58. The van der Waals surface area contributed by atoms with E-state index in [1.54, 1.807) is 13.8 Å². The fraction of sp³-hybridized carbons (Fsp3) is 0.273. The van der Waals surface area contributed by atoms with Crippen molar-refractivity contribution in [3.63, 3.8) is 0 Å². The van der Waals surface area contributed by atoms with Crippen LogP contribution in [0.15, 0.2) is 60.7 Å². The lowest BCUT2D eigenvalue weighted by molar-refractivity contribution is 0.482. The molecule has 0 spiro atoms. The predicted molar refractivity (Wildman–Crippen MR) is 105 cm³/mol. The second-order valence-electron chi connectivity index (χ2n) is 3.31. The minimum atomic E-state index is 0.869. The molecule has 0 aliphatic rings. The average molecular weight is 310 g/mol. The van der Waals surface area contributed by atoms with E-state index in [0.29, 0.717) is 0 Å². The van der Waals surface area contributed by atoms with Crippen molar-refractivity contribution in [2.24, 2.45) is 0 Å². The maximum Gasteiger partial charge on any atom is 0.127 e. The smallest absolute Gasteiger partial charge is 0.127 e. The molecule has 0 amide bonds. The number of hydrogen-bond acceptors (Lipinski definition) is 1. The number of benzene rings is 2. The van der Waals surface area contributed by atoms with Gasteiger partial charge >= 0.3 is 0 Å². The topological polar surface area (TPSA) is 9.23 Å². The average Bonchev–Trinajstić information content (AvgIpc) is 2.62. The van der Waals surface area contributed by atoms with E-state index in [1.165, 1.54) is 0 Å². The Morgan fingerprint density at radius 3 is 1.04 bits per heavy atom. The molecular weight excluding hydrogens is 280 g/mol. The van der Waals surface area contributed by atoms with Gasteiger partial charge in [0, 0.05) is 0 Å². The number of rotatable bonds is 2. The number of terminal acetylenes is 2. The summed E-state index contributed by atoms with van der Waals surface area (Å²) in [4.78, 5) is 0. The molecule has 23 heavy (non-hydrogen) atoms. The van der Waals surface area contributed by atoms with E-state index in [1.807, 2.05) is 88.4 Å². The summed E-state index contributed by atoms with van der Waals surface area (Å²) in [6.07, 6.45) is 9.19. The highest BCUT2D eigenvalue weighted by atomic mass is 16.5. The first-order chi connectivity index (χ1) is 11.3. The highest BCUT2D eigenvalue weighted by Crippen LogP contribution is 2.19. The quantitative estimate of drug-likeness (QED) is 0.553. The third-order valence-electron chi connectivity index (χ3n) is 1.72. The molecule has 0 aliphatic heterocycles. The minimum absolute atomic E-state index is 0.869. The highest BCUT2D eigenvalue weighted by Gasteiger charge is 1.92. The molecule has 0 bridgehead atoms. The van der Waals surface area contributed by atoms with Crippen molar-refractivity contribution in [2.45, 2.75) is 41.5 Å². The first-order valence-electron chi connectivity index (χ1n) is 7.81. The second kappa shape index (κ2) is 24.4. The van der Waals surface area contributed by atoms with E-state index in [9.17, 15) is 0 Å². The van der Waals surface area contributed by atoms with Crippen LogP contribution in [-0.2, 0) is 0 Å². The Balaban J connectivity index is -0.000000339. The molecule has 0 fully saturated rings. The van der Waals surface area contributed by atoms with Gasteiger partial charge in [-0.25, -0.2) is 0 Å². The Morgan fingerprint density at radius 2 is 0.826 bits per heavy atom. The predicted octanol–water partition coefficient (Wildman–Crippen LogP) is 6.81. The summed E-state index contributed by atoms with van der Waals surface area (Å²) >= 11 is 0. The Bertz CT molecular complexity index is 452. The van der Waals surface area contributed by atoms with Gasteiger partial charge in [0.1, 0.15) is 11.5 Å². The maximum absolute atomic E-state index is 5.58. The van der Waals surface area contributed by atoms with Gasteiger partial charge in [-0.05, 0) is 38.1 Å². The van der Waals surface area contributed by atoms with Crippen LogP contribution in [-0.4, -0.2) is 0 Å². The SMILES string of the molecule is C#CC.C#CC.CC.CC.c1ccc(Oc2ccccc2)cc1. The summed E-state index contributed by atoms with van der Waals surface area (Å²) in [5.74, 6) is 6.24. The summed E-state index contributed by atoms with van der Waals surface area (Å²) in [7, 11) is 0. The van der Waals surface area contributed by atoms with Gasteiger partial charge in [0.2, 0.25) is 0 Å². The lowest BCUT2D eigenvalue weighted by Crippen LogP contribution is -1.81. The third-order valence-corrected chi connectivity index (χ3v) is 1.72. The zero-order valence-electron chi connectivity index (χ0n) is 15.3. The standard InChI is InChI=1S/C12H10O.2C3H4.2C2H6/c1-3-7-11(8-4-1)13-12-9-5-2-6-10-12;2*1-3-2;2*1-2/h1-10H;2*1H,2H3;2*1-2H3. The molecule has 2 aromatic rings. The van der Waals surface area contributed by atoms with Gasteiger partial charge in [-0.2, -0.15) is 0 Å². The third kappa shape index (κ3) is 19.4. The minimum Gasteiger partial charge on any atom is -0.457 e. The molecule has 1 nitrogen and oxygen atoms in total. The van der Waals surface area contributed by atoms with Crippen molar-refractivity contribution in [1.82, 2.24) is 0 Å². The van der Waals surface area contributed by atoms with Crippen LogP contribution >= 0.6 is 0 Å². The number of para-hydroxylation sites is 2. The second-order valence-corrected chi connectivity index (χ2v) is 3.31. The molecule has 124 valence electrons. The van der Waals surface area contributed by atoms with Crippen molar-refractivity contribution in [2.75, 3.05) is 0 Å². The summed E-state index contributed by atoms with van der Waals surface area (Å²) in [6, 6.07) is 19.5. The van der Waals surface area contributed by atoms with E-state index in [4.69, 9.17) is 4.74 Å². The summed E-state index contributed by atoms with van der Waals surface area (Å²) in [5.41, 5.74) is 0. The molecular formula is C22H30O. The van der Waals surface area contributed by atoms with Crippen molar-refractivity contribution in [3.8, 4) is 36.2 Å². The van der Waals surface area contributed by atoms with Gasteiger partial charge < -0.3 is 4.74 Å². The number of ether oxygens (including phenoxy) is 1. The first kappa shape index (κ1) is 25.3. The van der Waals surface area contributed by atoms with Gasteiger partial charge in [0.25, 0.3) is 0 Å². The molecule has 0 saturated carbocycles. The Morgan fingerprint density at radius 1 is 0.609 bits per heavy atom. The van der Waals surface area contributed by atoms with Crippen molar-refractivity contribution in [3.05, 3.63) is 60.7 Å². The van der Waals surface area contributed by atoms with Crippen LogP contribution in [0.1, 0.15) is 41.5 Å². The van der Waals surface area contributed by atoms with Crippen molar-refractivity contribution >= 4 is 0 Å². The number of hydrogen-bond donors (Lipinski definition) is 0. The van der Waals surface area contributed by atoms with Crippen LogP contribution in [0.5, 0.6) is 11.5 Å². The van der Waals surface area contributed by atoms with Crippen LogP contribution in [0.3, 0.4) is 0 Å². The molecule has 0 radical (unpaired) electrons. The Kier molecular flexibility index (Phi) is 26.8. The lowest BCUT2D eigenvalue weighted by Gasteiger charge is -2.03. The first-order valence-corrected chi connectivity index (χ1v) is 7.81. The van der Waals surface area contributed by atoms with Gasteiger partial charge in [-0.15, -0.1) is 24.7 Å². The maximum atomic E-state index is 5.58.